The van der Waals surface area contributed by atoms with Crippen LogP contribution in [0.2, 0.25) is 0 Å². The minimum Gasteiger partial charge on any atom is -0.478 e. The number of aromatic carboxylic acids is 1. The molecule has 2 N–H and O–H groups in total. The number of aryl methyl sites for hydroxylation is 1. The Morgan fingerprint density at radius 2 is 2.16 bits per heavy atom. The molecule has 0 spiro atoms. The van der Waals surface area contributed by atoms with E-state index in [1.165, 1.54) is 12.1 Å². The average molecular weight is 281 g/mol. The van der Waals surface area contributed by atoms with Gasteiger partial charge in [0.25, 0.3) is 0 Å². The second-order valence-corrected chi connectivity index (χ2v) is 5.74. The second kappa shape index (κ2) is 5.87. The van der Waals surface area contributed by atoms with Crippen molar-refractivity contribution in [1.82, 2.24) is 4.72 Å². The summed E-state index contributed by atoms with van der Waals surface area (Å²) >= 11 is 0. The van der Waals surface area contributed by atoms with Crippen LogP contribution in [0.3, 0.4) is 0 Å². The van der Waals surface area contributed by atoms with Gasteiger partial charge in [-0.15, -0.1) is 6.42 Å². The molecule has 1 rings (SSSR count). The van der Waals surface area contributed by atoms with Crippen LogP contribution in [0, 0.1) is 19.3 Å². The molecule has 19 heavy (non-hydrogen) atoms. The molecule has 0 amide bonds. The highest BCUT2D eigenvalue weighted by atomic mass is 32.2. The molecule has 102 valence electrons. The van der Waals surface area contributed by atoms with Gasteiger partial charge >= 0.3 is 5.97 Å². The number of carboxylic acids is 1. The van der Waals surface area contributed by atoms with Crippen molar-refractivity contribution in [2.24, 2.45) is 0 Å². The van der Waals surface area contributed by atoms with Gasteiger partial charge in [-0.05, 0) is 31.0 Å². The predicted octanol–water partition coefficient (Wildman–Crippen LogP) is 1.38. The van der Waals surface area contributed by atoms with Crippen LogP contribution in [0.1, 0.15) is 29.3 Å². The normalized spacial score (nSPS) is 12.7. The third-order valence-electron chi connectivity index (χ3n) is 2.66. The van der Waals surface area contributed by atoms with Crippen LogP contribution < -0.4 is 4.72 Å². The first-order valence-electron chi connectivity index (χ1n) is 5.64. The summed E-state index contributed by atoms with van der Waals surface area (Å²) in [5.41, 5.74) is 0.451. The minimum atomic E-state index is -3.81. The summed E-state index contributed by atoms with van der Waals surface area (Å²) in [4.78, 5) is 10.9. The molecule has 5 nitrogen and oxygen atoms in total. The van der Waals surface area contributed by atoms with Gasteiger partial charge in [0.1, 0.15) is 0 Å². The van der Waals surface area contributed by atoms with Gasteiger partial charge in [-0.3, -0.25) is 0 Å². The fraction of sp³-hybridized carbons (Fsp3) is 0.308. The monoisotopic (exact) mass is 281 g/mol. The molecule has 0 saturated heterocycles. The van der Waals surface area contributed by atoms with Crippen molar-refractivity contribution in [2.75, 3.05) is 0 Å². The molecule has 0 saturated carbocycles. The standard InChI is InChI=1S/C13H15NO4S/c1-4-10(5-2)14-19(17,18)11-7-6-9(3)12(8-11)13(15)16/h1,6-8,10,14H,5H2,2-3H3,(H,15,16). The lowest BCUT2D eigenvalue weighted by atomic mass is 10.1. The van der Waals surface area contributed by atoms with Crippen molar-refractivity contribution >= 4 is 16.0 Å². The lowest BCUT2D eigenvalue weighted by molar-refractivity contribution is 0.0696. The summed E-state index contributed by atoms with van der Waals surface area (Å²) in [6.07, 6.45) is 5.65. The fourth-order valence-electron chi connectivity index (χ4n) is 1.49. The zero-order valence-electron chi connectivity index (χ0n) is 10.7. The maximum Gasteiger partial charge on any atom is 0.335 e. The molecule has 0 heterocycles. The molecule has 0 radical (unpaired) electrons. The van der Waals surface area contributed by atoms with E-state index in [2.05, 4.69) is 10.6 Å². The van der Waals surface area contributed by atoms with Crippen molar-refractivity contribution in [3.63, 3.8) is 0 Å². The van der Waals surface area contributed by atoms with Gasteiger partial charge in [0, 0.05) is 0 Å². The highest BCUT2D eigenvalue weighted by molar-refractivity contribution is 7.89. The minimum absolute atomic E-state index is 0.0448. The van der Waals surface area contributed by atoms with E-state index in [-0.39, 0.29) is 10.5 Å². The topological polar surface area (TPSA) is 83.5 Å². The Morgan fingerprint density at radius 3 is 2.63 bits per heavy atom. The van der Waals surface area contributed by atoms with E-state index < -0.39 is 22.0 Å². The molecule has 1 aromatic carbocycles. The van der Waals surface area contributed by atoms with Crippen molar-refractivity contribution < 1.29 is 18.3 Å². The fourth-order valence-corrected chi connectivity index (χ4v) is 2.75. The number of carbonyl (C=O) groups is 1. The first kappa shape index (κ1) is 15.2. The Balaban J connectivity index is 3.20. The number of nitrogens with one attached hydrogen (secondary N) is 1. The maximum atomic E-state index is 12.0. The lowest BCUT2D eigenvalue weighted by Crippen LogP contribution is -2.33. The summed E-state index contributed by atoms with van der Waals surface area (Å²) in [6, 6.07) is 3.32. The first-order valence-corrected chi connectivity index (χ1v) is 7.12. The van der Waals surface area contributed by atoms with E-state index in [0.29, 0.717) is 12.0 Å². The van der Waals surface area contributed by atoms with Crippen LogP contribution in [-0.2, 0) is 10.0 Å². The number of terminal acetylenes is 1. The molecule has 0 aromatic heterocycles. The third-order valence-corrected chi connectivity index (χ3v) is 4.13. The summed E-state index contributed by atoms with van der Waals surface area (Å²) in [5.74, 6) is 1.15. The van der Waals surface area contributed by atoms with E-state index in [4.69, 9.17) is 11.5 Å². The summed E-state index contributed by atoms with van der Waals surface area (Å²) in [7, 11) is -3.81. The number of carboxylic acid groups (broad SMARTS) is 1. The Hall–Kier alpha value is -1.84. The van der Waals surface area contributed by atoms with Crippen molar-refractivity contribution in [3.8, 4) is 12.3 Å². The van der Waals surface area contributed by atoms with Crippen molar-refractivity contribution in [3.05, 3.63) is 29.3 Å². The van der Waals surface area contributed by atoms with Crippen molar-refractivity contribution in [2.45, 2.75) is 31.2 Å². The van der Waals surface area contributed by atoms with E-state index in [9.17, 15) is 13.2 Å². The summed E-state index contributed by atoms with van der Waals surface area (Å²) < 4.78 is 26.4. The number of hydrogen-bond acceptors (Lipinski definition) is 3. The number of benzene rings is 1. The first-order chi connectivity index (χ1) is 8.81. The summed E-state index contributed by atoms with van der Waals surface area (Å²) in [6.45, 7) is 3.36. The molecule has 1 aromatic rings. The van der Waals surface area contributed by atoms with Gasteiger partial charge in [-0.2, -0.15) is 4.72 Å². The molecule has 0 aliphatic heterocycles. The van der Waals surface area contributed by atoms with Gasteiger partial charge in [-0.25, -0.2) is 13.2 Å². The number of sulfonamides is 1. The lowest BCUT2D eigenvalue weighted by Gasteiger charge is -2.12. The SMILES string of the molecule is C#CC(CC)NS(=O)(=O)c1ccc(C)c(C(=O)O)c1. The van der Waals surface area contributed by atoms with Crippen LogP contribution in [-0.4, -0.2) is 25.5 Å². The van der Waals surface area contributed by atoms with Crippen LogP contribution >= 0.6 is 0 Å². The van der Waals surface area contributed by atoms with E-state index in [1.54, 1.807) is 13.8 Å². The van der Waals surface area contributed by atoms with Gasteiger partial charge in [0.15, 0.2) is 0 Å². The summed E-state index contributed by atoms with van der Waals surface area (Å²) in [5, 5.41) is 8.98. The van der Waals surface area contributed by atoms with Gasteiger partial charge < -0.3 is 5.11 Å². The van der Waals surface area contributed by atoms with Crippen LogP contribution in [0.15, 0.2) is 23.1 Å². The van der Waals surface area contributed by atoms with Crippen LogP contribution in [0.25, 0.3) is 0 Å². The highest BCUT2D eigenvalue weighted by Crippen LogP contribution is 2.16. The Bertz CT molecular complexity index is 629. The van der Waals surface area contributed by atoms with Crippen LogP contribution in [0.5, 0.6) is 0 Å². The molecule has 6 heteroatoms. The zero-order chi connectivity index (χ0) is 14.6. The highest BCUT2D eigenvalue weighted by Gasteiger charge is 2.20. The predicted molar refractivity (Wildman–Crippen MR) is 71.4 cm³/mol. The molecule has 0 aliphatic rings. The molecule has 1 unspecified atom stereocenters. The molecule has 0 bridgehead atoms. The van der Waals surface area contributed by atoms with Gasteiger partial charge in [-0.1, -0.05) is 18.9 Å². The maximum absolute atomic E-state index is 12.0. The molecule has 1 atom stereocenters. The number of rotatable bonds is 5. The smallest absolute Gasteiger partial charge is 0.335 e. The molecule has 0 fully saturated rings. The Labute approximate surface area is 112 Å². The molecular weight excluding hydrogens is 266 g/mol. The zero-order valence-corrected chi connectivity index (χ0v) is 11.5. The van der Waals surface area contributed by atoms with Crippen LogP contribution in [0.4, 0.5) is 0 Å². The van der Waals surface area contributed by atoms with Gasteiger partial charge in [0.2, 0.25) is 10.0 Å². The largest absolute Gasteiger partial charge is 0.478 e. The Morgan fingerprint density at radius 1 is 1.53 bits per heavy atom. The molecule has 0 aliphatic carbocycles. The van der Waals surface area contributed by atoms with Crippen molar-refractivity contribution in [1.29, 1.82) is 0 Å². The number of hydrogen-bond donors (Lipinski definition) is 2. The van der Waals surface area contributed by atoms with Gasteiger partial charge in [0.05, 0.1) is 16.5 Å². The van der Waals surface area contributed by atoms with E-state index >= 15 is 0 Å². The molecular formula is C13H15NO4S. The third kappa shape index (κ3) is 3.56. The van der Waals surface area contributed by atoms with E-state index in [0.717, 1.165) is 6.07 Å². The average Bonchev–Trinajstić information content (AvgIpc) is 2.35. The second-order valence-electron chi connectivity index (χ2n) is 4.03. The van der Waals surface area contributed by atoms with E-state index in [1.807, 2.05) is 0 Å². The Kier molecular flexibility index (Phi) is 4.70. The quantitative estimate of drug-likeness (QED) is 0.799.